The van der Waals surface area contributed by atoms with Gasteiger partial charge in [0.2, 0.25) is 0 Å². The van der Waals surface area contributed by atoms with E-state index in [-0.39, 0.29) is 0 Å². The molecular weight excluding hydrogens is 246 g/mol. The van der Waals surface area contributed by atoms with Gasteiger partial charge in [0.1, 0.15) is 0 Å². The Morgan fingerprint density at radius 2 is 1.60 bits per heavy atom. The van der Waals surface area contributed by atoms with E-state index in [4.69, 9.17) is 4.74 Å². The second kappa shape index (κ2) is 7.79. The van der Waals surface area contributed by atoms with Crippen LogP contribution in [0.25, 0.3) is 0 Å². The van der Waals surface area contributed by atoms with E-state index in [0.717, 1.165) is 37.5 Å². The highest BCUT2D eigenvalue weighted by Crippen LogP contribution is 2.39. The highest BCUT2D eigenvalue weighted by Gasteiger charge is 2.29. The van der Waals surface area contributed by atoms with E-state index < -0.39 is 0 Å². The van der Waals surface area contributed by atoms with Gasteiger partial charge in [-0.3, -0.25) is 0 Å². The van der Waals surface area contributed by atoms with Crippen LogP contribution in [0.3, 0.4) is 0 Å². The zero-order valence-corrected chi connectivity index (χ0v) is 13.9. The Morgan fingerprint density at radius 1 is 0.950 bits per heavy atom. The van der Waals surface area contributed by atoms with Crippen LogP contribution in [0.5, 0.6) is 0 Å². The summed E-state index contributed by atoms with van der Waals surface area (Å²) in [5.74, 6) is 2.76. The van der Waals surface area contributed by atoms with Gasteiger partial charge in [0.05, 0.1) is 0 Å². The van der Waals surface area contributed by atoms with Gasteiger partial charge >= 0.3 is 0 Å². The van der Waals surface area contributed by atoms with Crippen molar-refractivity contribution in [2.75, 3.05) is 26.3 Å². The maximum absolute atomic E-state index is 5.66. The molecule has 0 amide bonds. The van der Waals surface area contributed by atoms with Crippen LogP contribution in [0.15, 0.2) is 0 Å². The molecule has 2 aliphatic carbocycles. The second-order valence-electron chi connectivity index (χ2n) is 8.16. The van der Waals surface area contributed by atoms with Crippen LogP contribution in [-0.2, 0) is 4.74 Å². The van der Waals surface area contributed by atoms with Crippen molar-refractivity contribution in [1.29, 1.82) is 0 Å². The molecule has 2 aliphatic rings. The fourth-order valence-electron chi connectivity index (χ4n) is 3.37. The average Bonchev–Trinajstić information content (AvgIpc) is 3.21. The molecule has 0 heterocycles. The molecule has 0 bridgehead atoms. The monoisotopic (exact) mass is 281 g/mol. The quantitative estimate of drug-likeness (QED) is 0.672. The molecule has 0 radical (unpaired) electrons. The first-order valence-electron chi connectivity index (χ1n) is 8.84. The molecule has 0 aliphatic heterocycles. The SMILES string of the molecule is CC(C)(C)C1CCC(CNCCCOCC2CC2)CC1. The van der Waals surface area contributed by atoms with Crippen molar-refractivity contribution in [2.45, 2.75) is 65.7 Å². The van der Waals surface area contributed by atoms with Crippen LogP contribution < -0.4 is 5.32 Å². The minimum Gasteiger partial charge on any atom is -0.381 e. The first kappa shape index (κ1) is 16.3. The van der Waals surface area contributed by atoms with Crippen LogP contribution in [0.2, 0.25) is 0 Å². The van der Waals surface area contributed by atoms with E-state index >= 15 is 0 Å². The molecule has 2 rings (SSSR count). The zero-order chi connectivity index (χ0) is 14.4. The summed E-state index contributed by atoms with van der Waals surface area (Å²) in [4.78, 5) is 0. The third kappa shape index (κ3) is 6.13. The van der Waals surface area contributed by atoms with Gasteiger partial charge in [-0.05, 0) is 81.2 Å². The Balaban J connectivity index is 1.42. The van der Waals surface area contributed by atoms with Crippen molar-refractivity contribution in [2.24, 2.45) is 23.2 Å². The van der Waals surface area contributed by atoms with Crippen molar-refractivity contribution in [3.8, 4) is 0 Å². The van der Waals surface area contributed by atoms with Crippen LogP contribution in [-0.4, -0.2) is 26.3 Å². The van der Waals surface area contributed by atoms with Gasteiger partial charge in [-0.15, -0.1) is 0 Å². The molecule has 2 nitrogen and oxygen atoms in total. The standard InChI is InChI=1S/C18H35NO/c1-18(2,3)17-9-7-15(8-10-17)13-19-11-4-12-20-14-16-5-6-16/h15-17,19H,4-14H2,1-3H3. The lowest BCUT2D eigenvalue weighted by atomic mass is 9.70. The number of hydrogen-bond donors (Lipinski definition) is 1. The third-order valence-electron chi connectivity index (χ3n) is 5.20. The molecule has 2 saturated carbocycles. The van der Waals surface area contributed by atoms with Crippen LogP contribution in [0, 0.1) is 23.2 Å². The van der Waals surface area contributed by atoms with E-state index in [9.17, 15) is 0 Å². The summed E-state index contributed by atoms with van der Waals surface area (Å²) >= 11 is 0. The minimum atomic E-state index is 0.511. The van der Waals surface area contributed by atoms with Gasteiger partial charge < -0.3 is 10.1 Å². The van der Waals surface area contributed by atoms with Gasteiger partial charge in [0.15, 0.2) is 0 Å². The van der Waals surface area contributed by atoms with Crippen molar-refractivity contribution in [3.05, 3.63) is 0 Å². The Hall–Kier alpha value is -0.0800. The Labute approximate surface area is 126 Å². The molecule has 118 valence electrons. The van der Waals surface area contributed by atoms with Crippen LogP contribution in [0.4, 0.5) is 0 Å². The van der Waals surface area contributed by atoms with E-state index in [1.165, 1.54) is 51.5 Å². The summed E-state index contributed by atoms with van der Waals surface area (Å²) in [6.07, 6.45) is 9.68. The van der Waals surface area contributed by atoms with Crippen molar-refractivity contribution in [1.82, 2.24) is 5.32 Å². The van der Waals surface area contributed by atoms with Crippen molar-refractivity contribution in [3.63, 3.8) is 0 Å². The smallest absolute Gasteiger partial charge is 0.0494 e. The lowest BCUT2D eigenvalue weighted by Gasteiger charge is -2.37. The molecule has 0 saturated heterocycles. The first-order chi connectivity index (χ1) is 9.55. The Kier molecular flexibility index (Phi) is 6.35. The first-order valence-corrected chi connectivity index (χ1v) is 8.84. The molecule has 0 aromatic heterocycles. The van der Waals surface area contributed by atoms with E-state index in [2.05, 4.69) is 26.1 Å². The average molecular weight is 281 g/mol. The summed E-state index contributed by atoms with van der Waals surface area (Å²) in [6, 6.07) is 0. The predicted octanol–water partition coefficient (Wildman–Crippen LogP) is 4.25. The molecule has 0 spiro atoms. The molecule has 1 N–H and O–H groups in total. The number of nitrogens with one attached hydrogen (secondary N) is 1. The molecule has 20 heavy (non-hydrogen) atoms. The number of rotatable bonds is 8. The number of ether oxygens (including phenoxy) is 1. The Morgan fingerprint density at radius 3 is 2.20 bits per heavy atom. The lowest BCUT2D eigenvalue weighted by molar-refractivity contribution is 0.120. The molecule has 0 atom stereocenters. The van der Waals surface area contributed by atoms with Crippen molar-refractivity contribution < 1.29 is 4.74 Å². The zero-order valence-electron chi connectivity index (χ0n) is 13.9. The van der Waals surface area contributed by atoms with Crippen LogP contribution in [0.1, 0.15) is 65.7 Å². The summed E-state index contributed by atoms with van der Waals surface area (Å²) in [5, 5.41) is 3.63. The molecule has 0 unspecified atom stereocenters. The second-order valence-corrected chi connectivity index (χ2v) is 8.16. The van der Waals surface area contributed by atoms with Gasteiger partial charge in [-0.2, -0.15) is 0 Å². The summed E-state index contributed by atoms with van der Waals surface area (Å²) in [7, 11) is 0. The van der Waals surface area contributed by atoms with Crippen molar-refractivity contribution >= 4 is 0 Å². The fourth-order valence-corrected chi connectivity index (χ4v) is 3.37. The summed E-state index contributed by atoms with van der Waals surface area (Å²) < 4.78 is 5.66. The lowest BCUT2D eigenvalue weighted by Crippen LogP contribution is -2.31. The van der Waals surface area contributed by atoms with Gasteiger partial charge in [0, 0.05) is 13.2 Å². The number of hydrogen-bond acceptors (Lipinski definition) is 2. The molecule has 0 aromatic rings. The van der Waals surface area contributed by atoms with E-state index in [1.807, 2.05) is 0 Å². The molecule has 0 aromatic carbocycles. The van der Waals surface area contributed by atoms with Gasteiger partial charge in [0.25, 0.3) is 0 Å². The highest BCUT2D eigenvalue weighted by atomic mass is 16.5. The maximum Gasteiger partial charge on any atom is 0.0494 e. The van der Waals surface area contributed by atoms with Gasteiger partial charge in [-0.25, -0.2) is 0 Å². The minimum absolute atomic E-state index is 0.511. The van der Waals surface area contributed by atoms with Crippen LogP contribution >= 0.6 is 0 Å². The topological polar surface area (TPSA) is 21.3 Å². The molecule has 2 fully saturated rings. The van der Waals surface area contributed by atoms with E-state index in [1.54, 1.807) is 0 Å². The molecule has 2 heteroatoms. The normalized spacial score (nSPS) is 27.8. The summed E-state index contributed by atoms with van der Waals surface area (Å²) in [6.45, 7) is 11.5. The largest absolute Gasteiger partial charge is 0.381 e. The predicted molar refractivity (Wildman–Crippen MR) is 85.9 cm³/mol. The summed E-state index contributed by atoms with van der Waals surface area (Å²) in [5.41, 5.74) is 0.511. The maximum atomic E-state index is 5.66. The fraction of sp³-hybridized carbons (Fsp3) is 1.00. The molecular formula is C18H35NO. The van der Waals surface area contributed by atoms with Gasteiger partial charge in [-0.1, -0.05) is 20.8 Å². The highest BCUT2D eigenvalue weighted by molar-refractivity contribution is 4.81. The Bertz CT molecular complexity index is 259. The van der Waals surface area contributed by atoms with E-state index in [0.29, 0.717) is 5.41 Å². The third-order valence-corrected chi connectivity index (χ3v) is 5.20.